The molecule has 1 saturated heterocycles. The molecule has 1 fully saturated rings. The third-order valence-corrected chi connectivity index (χ3v) is 3.87. The van der Waals surface area contributed by atoms with Crippen molar-refractivity contribution in [3.8, 4) is 11.5 Å². The summed E-state index contributed by atoms with van der Waals surface area (Å²) < 4.78 is 15.7. The summed E-state index contributed by atoms with van der Waals surface area (Å²) in [5.74, 6) is 1.58. The number of fused-ring (bicyclic) bond motifs is 1. The maximum Gasteiger partial charge on any atom is 0.317 e. The number of piperazine rings is 1. The van der Waals surface area contributed by atoms with Crippen molar-refractivity contribution in [2.45, 2.75) is 0 Å². The number of carbonyl (C=O) groups excluding carboxylic acids is 1. The molecule has 0 aromatic heterocycles. The zero-order chi connectivity index (χ0) is 15.4. The van der Waals surface area contributed by atoms with Crippen molar-refractivity contribution in [2.75, 3.05) is 58.1 Å². The molecule has 7 heteroatoms. The van der Waals surface area contributed by atoms with Gasteiger partial charge in [-0.05, 0) is 12.1 Å². The van der Waals surface area contributed by atoms with E-state index in [1.807, 2.05) is 23.1 Å². The summed E-state index contributed by atoms with van der Waals surface area (Å²) in [6.07, 6.45) is 0. The van der Waals surface area contributed by atoms with E-state index in [2.05, 4.69) is 10.2 Å². The highest BCUT2D eigenvalue weighted by molar-refractivity contribution is 5.74. The molecule has 0 atom stereocenters. The Balaban J connectivity index is 1.52. The number of nitrogens with zero attached hydrogens (tertiary/aromatic N) is 2. The van der Waals surface area contributed by atoms with Gasteiger partial charge in [0.05, 0.1) is 6.61 Å². The lowest BCUT2D eigenvalue weighted by Crippen LogP contribution is -2.52. The standard InChI is InChI=1S/C15H21N3O4/c1-20-9-4-16-15(19)18-7-5-17(6-8-18)12-2-3-13-14(10-12)22-11-21-13/h2-3,10H,4-9,11H2,1H3,(H,16,19). The van der Waals surface area contributed by atoms with E-state index in [9.17, 15) is 4.79 Å². The fourth-order valence-electron chi connectivity index (χ4n) is 2.62. The van der Waals surface area contributed by atoms with Gasteiger partial charge in [0.25, 0.3) is 0 Å². The highest BCUT2D eigenvalue weighted by Gasteiger charge is 2.22. The van der Waals surface area contributed by atoms with Crippen molar-refractivity contribution in [2.24, 2.45) is 0 Å². The van der Waals surface area contributed by atoms with Gasteiger partial charge in [-0.15, -0.1) is 0 Å². The van der Waals surface area contributed by atoms with Gasteiger partial charge < -0.3 is 29.3 Å². The molecule has 1 N–H and O–H groups in total. The lowest BCUT2D eigenvalue weighted by Gasteiger charge is -2.36. The molecule has 3 rings (SSSR count). The van der Waals surface area contributed by atoms with Crippen LogP contribution in [0.15, 0.2) is 18.2 Å². The molecule has 0 spiro atoms. The third kappa shape index (κ3) is 3.19. The van der Waals surface area contributed by atoms with Crippen LogP contribution in [0.25, 0.3) is 0 Å². The number of rotatable bonds is 4. The van der Waals surface area contributed by atoms with E-state index in [-0.39, 0.29) is 12.8 Å². The molecule has 2 aliphatic heterocycles. The lowest BCUT2D eigenvalue weighted by atomic mass is 10.2. The molecule has 22 heavy (non-hydrogen) atoms. The van der Waals surface area contributed by atoms with Crippen LogP contribution in [-0.4, -0.2) is 64.2 Å². The summed E-state index contributed by atoms with van der Waals surface area (Å²) in [6.45, 7) is 4.37. The first-order valence-electron chi connectivity index (χ1n) is 7.44. The molecule has 1 aromatic rings. The summed E-state index contributed by atoms with van der Waals surface area (Å²) in [4.78, 5) is 16.1. The van der Waals surface area contributed by atoms with Gasteiger partial charge in [0.1, 0.15) is 0 Å². The molecule has 0 aliphatic carbocycles. The van der Waals surface area contributed by atoms with E-state index in [0.29, 0.717) is 26.2 Å². The fourth-order valence-corrected chi connectivity index (χ4v) is 2.62. The Morgan fingerprint density at radius 3 is 2.77 bits per heavy atom. The van der Waals surface area contributed by atoms with E-state index in [0.717, 1.165) is 30.3 Å². The predicted octanol–water partition coefficient (Wildman–Crippen LogP) is 0.893. The van der Waals surface area contributed by atoms with Crippen LogP contribution >= 0.6 is 0 Å². The number of anilines is 1. The average Bonchev–Trinajstić information content (AvgIpc) is 3.02. The quantitative estimate of drug-likeness (QED) is 0.837. The summed E-state index contributed by atoms with van der Waals surface area (Å²) in [5.41, 5.74) is 1.10. The van der Waals surface area contributed by atoms with Crippen LogP contribution in [0.3, 0.4) is 0 Å². The number of hydrogen-bond donors (Lipinski definition) is 1. The second-order valence-electron chi connectivity index (χ2n) is 5.24. The average molecular weight is 307 g/mol. The van der Waals surface area contributed by atoms with Crippen LogP contribution in [-0.2, 0) is 4.74 Å². The molecule has 1 aromatic carbocycles. The normalized spacial score (nSPS) is 16.8. The number of methoxy groups -OCH3 is 1. The topological polar surface area (TPSA) is 63.3 Å². The molecule has 0 saturated carbocycles. The van der Waals surface area contributed by atoms with Gasteiger partial charge in [-0.2, -0.15) is 0 Å². The second-order valence-corrected chi connectivity index (χ2v) is 5.24. The van der Waals surface area contributed by atoms with E-state index < -0.39 is 0 Å². The summed E-state index contributed by atoms with van der Waals surface area (Å²) in [5, 5.41) is 2.85. The van der Waals surface area contributed by atoms with Crippen molar-refractivity contribution in [3.05, 3.63) is 18.2 Å². The van der Waals surface area contributed by atoms with E-state index in [4.69, 9.17) is 14.2 Å². The number of nitrogens with one attached hydrogen (secondary N) is 1. The number of benzene rings is 1. The van der Waals surface area contributed by atoms with Gasteiger partial charge in [0.2, 0.25) is 6.79 Å². The molecule has 120 valence electrons. The SMILES string of the molecule is COCCNC(=O)N1CCN(c2ccc3c(c2)OCO3)CC1. The van der Waals surface area contributed by atoms with Crippen molar-refractivity contribution in [1.82, 2.24) is 10.2 Å². The van der Waals surface area contributed by atoms with Gasteiger partial charge in [-0.25, -0.2) is 4.79 Å². The van der Waals surface area contributed by atoms with Crippen LogP contribution in [0.5, 0.6) is 11.5 Å². The third-order valence-electron chi connectivity index (χ3n) is 3.87. The highest BCUT2D eigenvalue weighted by atomic mass is 16.7. The molecule has 0 bridgehead atoms. The predicted molar refractivity (Wildman–Crippen MR) is 81.6 cm³/mol. The lowest BCUT2D eigenvalue weighted by molar-refractivity contribution is 0.174. The zero-order valence-electron chi connectivity index (χ0n) is 12.7. The molecule has 0 radical (unpaired) electrons. The first-order valence-corrected chi connectivity index (χ1v) is 7.44. The zero-order valence-corrected chi connectivity index (χ0v) is 12.7. The fraction of sp³-hybridized carbons (Fsp3) is 0.533. The smallest absolute Gasteiger partial charge is 0.317 e. The molecule has 2 aliphatic rings. The van der Waals surface area contributed by atoms with Crippen molar-refractivity contribution < 1.29 is 19.0 Å². The Morgan fingerprint density at radius 2 is 2.00 bits per heavy atom. The summed E-state index contributed by atoms with van der Waals surface area (Å²) in [6, 6.07) is 5.93. The number of ether oxygens (including phenoxy) is 3. The Morgan fingerprint density at radius 1 is 1.23 bits per heavy atom. The Hall–Kier alpha value is -2.15. The largest absolute Gasteiger partial charge is 0.454 e. The molecule has 2 heterocycles. The van der Waals surface area contributed by atoms with Gasteiger partial charge in [-0.1, -0.05) is 0 Å². The van der Waals surface area contributed by atoms with Crippen molar-refractivity contribution in [1.29, 1.82) is 0 Å². The van der Waals surface area contributed by atoms with Crippen molar-refractivity contribution in [3.63, 3.8) is 0 Å². The Kier molecular flexibility index (Phi) is 4.53. The monoisotopic (exact) mass is 307 g/mol. The van der Waals surface area contributed by atoms with Crippen molar-refractivity contribution >= 4 is 11.7 Å². The maximum atomic E-state index is 12.0. The van der Waals surface area contributed by atoms with Crippen LogP contribution < -0.4 is 19.7 Å². The summed E-state index contributed by atoms with van der Waals surface area (Å²) >= 11 is 0. The molecular weight excluding hydrogens is 286 g/mol. The van der Waals surface area contributed by atoms with E-state index in [1.54, 1.807) is 7.11 Å². The molecule has 7 nitrogen and oxygen atoms in total. The number of urea groups is 1. The first kappa shape index (κ1) is 14.8. The molecular formula is C15H21N3O4. The minimum Gasteiger partial charge on any atom is -0.454 e. The highest BCUT2D eigenvalue weighted by Crippen LogP contribution is 2.35. The van der Waals surface area contributed by atoms with Gasteiger partial charge >= 0.3 is 6.03 Å². The number of carbonyl (C=O) groups is 1. The van der Waals surface area contributed by atoms with Crippen LogP contribution in [0.4, 0.5) is 10.5 Å². The Bertz CT molecular complexity index is 530. The Labute approximate surface area is 129 Å². The minimum absolute atomic E-state index is 0.0256. The minimum atomic E-state index is -0.0256. The van der Waals surface area contributed by atoms with E-state index >= 15 is 0 Å². The van der Waals surface area contributed by atoms with Gasteiger partial charge in [-0.3, -0.25) is 0 Å². The maximum absolute atomic E-state index is 12.0. The first-order chi connectivity index (χ1) is 10.8. The van der Waals surface area contributed by atoms with Crippen LogP contribution in [0.2, 0.25) is 0 Å². The van der Waals surface area contributed by atoms with Gasteiger partial charge in [0, 0.05) is 51.6 Å². The number of amides is 2. The molecule has 2 amide bonds. The summed E-state index contributed by atoms with van der Waals surface area (Å²) in [7, 11) is 1.62. The van der Waals surface area contributed by atoms with E-state index in [1.165, 1.54) is 0 Å². The second kappa shape index (κ2) is 6.74. The number of hydrogen-bond acceptors (Lipinski definition) is 5. The molecule has 0 unspecified atom stereocenters. The van der Waals surface area contributed by atoms with Gasteiger partial charge in [0.15, 0.2) is 11.5 Å². The van der Waals surface area contributed by atoms with Crippen LogP contribution in [0.1, 0.15) is 0 Å². The van der Waals surface area contributed by atoms with Crippen LogP contribution in [0, 0.1) is 0 Å².